The SMILES string of the molecule is O=C1NC(=NN=Cc2ccccc2C(F)(F)F)SC1Cc1ccc(SC(F)F)cc1. The number of nitrogens with zero attached hydrogens (tertiary/aromatic N) is 2. The van der Waals surface area contributed by atoms with Gasteiger partial charge in [-0.3, -0.25) is 4.79 Å². The standard InChI is InChI=1S/C19H14F5N3OS2/c20-17(21)29-13-7-5-11(6-8-13)9-15-16(28)26-18(30-15)27-25-10-12-3-1-2-4-14(12)19(22,23)24/h1-8,10,15,17H,9H2,(H,26,27,28). The van der Waals surface area contributed by atoms with Gasteiger partial charge in [-0.25, -0.2) is 0 Å². The van der Waals surface area contributed by atoms with E-state index >= 15 is 0 Å². The van der Waals surface area contributed by atoms with Crippen LogP contribution < -0.4 is 5.32 Å². The summed E-state index contributed by atoms with van der Waals surface area (Å²) in [6.45, 7) is 0. The average molecular weight is 459 g/mol. The molecule has 0 bridgehead atoms. The highest BCUT2D eigenvalue weighted by Gasteiger charge is 2.33. The maximum absolute atomic E-state index is 13.0. The highest BCUT2D eigenvalue weighted by molar-refractivity contribution is 8.15. The van der Waals surface area contributed by atoms with Crippen molar-refractivity contribution >= 4 is 40.8 Å². The second-order valence-electron chi connectivity index (χ2n) is 6.06. The van der Waals surface area contributed by atoms with Gasteiger partial charge in [-0.05, 0) is 30.2 Å². The number of thioether (sulfide) groups is 2. The summed E-state index contributed by atoms with van der Waals surface area (Å²) in [6.07, 6.45) is -3.19. The first-order chi connectivity index (χ1) is 14.2. The van der Waals surface area contributed by atoms with E-state index in [4.69, 9.17) is 0 Å². The molecule has 4 nitrogen and oxygen atoms in total. The Hall–Kier alpha value is -2.40. The van der Waals surface area contributed by atoms with Crippen LogP contribution in [0.2, 0.25) is 0 Å². The van der Waals surface area contributed by atoms with Gasteiger partial charge in [0.25, 0.3) is 5.76 Å². The fourth-order valence-corrected chi connectivity index (χ4v) is 4.08. The van der Waals surface area contributed by atoms with Crippen molar-refractivity contribution in [3.05, 3.63) is 65.2 Å². The number of alkyl halides is 5. The lowest BCUT2D eigenvalue weighted by molar-refractivity contribution is -0.137. The third-order valence-electron chi connectivity index (χ3n) is 3.96. The molecule has 0 spiro atoms. The molecule has 0 radical (unpaired) electrons. The Kier molecular flexibility index (Phi) is 7.14. The lowest BCUT2D eigenvalue weighted by atomic mass is 10.1. The van der Waals surface area contributed by atoms with Gasteiger partial charge >= 0.3 is 6.18 Å². The minimum atomic E-state index is -4.51. The highest BCUT2D eigenvalue weighted by atomic mass is 32.2. The van der Waals surface area contributed by atoms with E-state index in [2.05, 4.69) is 15.5 Å². The van der Waals surface area contributed by atoms with E-state index in [1.165, 1.54) is 18.2 Å². The molecule has 1 N–H and O–H groups in total. The normalized spacial score (nSPS) is 18.5. The Labute approximate surface area is 177 Å². The Morgan fingerprint density at radius 3 is 2.50 bits per heavy atom. The quantitative estimate of drug-likeness (QED) is 0.280. The summed E-state index contributed by atoms with van der Waals surface area (Å²) < 4.78 is 63.6. The van der Waals surface area contributed by atoms with Gasteiger partial charge in [-0.1, -0.05) is 53.9 Å². The van der Waals surface area contributed by atoms with Crippen LogP contribution in [0.5, 0.6) is 0 Å². The van der Waals surface area contributed by atoms with Crippen molar-refractivity contribution in [2.45, 2.75) is 28.5 Å². The summed E-state index contributed by atoms with van der Waals surface area (Å²) in [5.74, 6) is -2.81. The van der Waals surface area contributed by atoms with E-state index in [1.807, 2.05) is 0 Å². The largest absolute Gasteiger partial charge is 0.417 e. The third-order valence-corrected chi connectivity index (χ3v) is 5.75. The first-order valence-electron chi connectivity index (χ1n) is 8.51. The van der Waals surface area contributed by atoms with Crippen molar-refractivity contribution < 1.29 is 26.7 Å². The van der Waals surface area contributed by atoms with Crippen molar-refractivity contribution in [2.75, 3.05) is 0 Å². The van der Waals surface area contributed by atoms with Gasteiger partial charge in [-0.15, -0.1) is 5.10 Å². The van der Waals surface area contributed by atoms with Crippen molar-refractivity contribution in [3.63, 3.8) is 0 Å². The van der Waals surface area contributed by atoms with Crippen molar-refractivity contribution in [2.24, 2.45) is 10.2 Å². The van der Waals surface area contributed by atoms with Crippen molar-refractivity contribution in [1.82, 2.24) is 5.32 Å². The van der Waals surface area contributed by atoms with Gasteiger partial charge in [0.1, 0.15) is 0 Å². The van der Waals surface area contributed by atoms with Crippen LogP contribution in [0.3, 0.4) is 0 Å². The van der Waals surface area contributed by atoms with Gasteiger partial charge < -0.3 is 5.32 Å². The molecule has 1 aliphatic heterocycles. The molecule has 0 saturated carbocycles. The summed E-state index contributed by atoms with van der Waals surface area (Å²) in [5.41, 5.74) is -0.185. The monoisotopic (exact) mass is 459 g/mol. The van der Waals surface area contributed by atoms with Crippen LogP contribution >= 0.6 is 23.5 Å². The lowest BCUT2D eigenvalue weighted by Crippen LogP contribution is -2.25. The molecule has 1 atom stereocenters. The molecule has 0 aromatic heterocycles. The van der Waals surface area contributed by atoms with Crippen molar-refractivity contribution in [3.8, 4) is 0 Å². The molecule has 2 aromatic carbocycles. The van der Waals surface area contributed by atoms with Gasteiger partial charge in [0.15, 0.2) is 5.17 Å². The number of rotatable bonds is 6. The average Bonchev–Trinajstić information content (AvgIpc) is 3.02. The van der Waals surface area contributed by atoms with Crippen LogP contribution in [0, 0.1) is 0 Å². The topological polar surface area (TPSA) is 53.8 Å². The molecular formula is C19H14F5N3OS2. The number of carbonyl (C=O) groups excluding carboxylic acids is 1. The molecule has 1 amide bonds. The Morgan fingerprint density at radius 2 is 1.83 bits per heavy atom. The van der Waals surface area contributed by atoms with E-state index in [-0.39, 0.29) is 16.6 Å². The molecule has 1 unspecified atom stereocenters. The molecule has 1 fully saturated rings. The van der Waals surface area contributed by atoms with Gasteiger partial charge in [-0.2, -0.15) is 27.1 Å². The predicted octanol–water partition coefficient (Wildman–Crippen LogP) is 5.18. The van der Waals surface area contributed by atoms with E-state index in [0.717, 1.165) is 29.6 Å². The number of hydrogen-bond acceptors (Lipinski definition) is 5. The first-order valence-corrected chi connectivity index (χ1v) is 10.3. The molecule has 1 heterocycles. The van der Waals surface area contributed by atoms with Crippen LogP contribution in [0.4, 0.5) is 22.0 Å². The van der Waals surface area contributed by atoms with E-state index in [1.54, 1.807) is 24.3 Å². The number of nitrogens with one attached hydrogen (secondary N) is 1. The number of amides is 1. The Morgan fingerprint density at radius 1 is 1.13 bits per heavy atom. The number of carbonyl (C=O) groups is 1. The zero-order valence-corrected chi connectivity index (χ0v) is 16.7. The van der Waals surface area contributed by atoms with Gasteiger partial charge in [0.05, 0.1) is 17.0 Å². The molecule has 30 heavy (non-hydrogen) atoms. The highest BCUT2D eigenvalue weighted by Crippen LogP contribution is 2.31. The number of hydrogen-bond donors (Lipinski definition) is 1. The Balaban J connectivity index is 1.63. The van der Waals surface area contributed by atoms with Crippen LogP contribution in [-0.2, 0) is 17.4 Å². The van der Waals surface area contributed by atoms with E-state index in [0.29, 0.717) is 23.1 Å². The molecule has 0 aliphatic carbocycles. The maximum atomic E-state index is 13.0. The zero-order chi connectivity index (χ0) is 21.7. The fourth-order valence-electron chi connectivity index (χ4n) is 2.62. The Bertz CT molecular complexity index is 961. The molecule has 2 aromatic rings. The zero-order valence-electron chi connectivity index (χ0n) is 15.1. The molecule has 1 saturated heterocycles. The van der Waals surface area contributed by atoms with Crippen LogP contribution in [0.1, 0.15) is 16.7 Å². The summed E-state index contributed by atoms with van der Waals surface area (Å²) in [5, 5.41) is 9.66. The number of amidine groups is 1. The minimum absolute atomic E-state index is 0.137. The third kappa shape index (κ3) is 6.05. The van der Waals surface area contributed by atoms with Crippen LogP contribution in [-0.4, -0.2) is 28.3 Å². The second-order valence-corrected chi connectivity index (χ2v) is 8.31. The minimum Gasteiger partial charge on any atom is -0.303 e. The lowest BCUT2D eigenvalue weighted by Gasteiger charge is -2.08. The second kappa shape index (κ2) is 9.61. The molecule has 1 aliphatic rings. The molecule has 158 valence electrons. The summed E-state index contributed by atoms with van der Waals surface area (Å²) in [4.78, 5) is 12.5. The van der Waals surface area contributed by atoms with E-state index in [9.17, 15) is 26.7 Å². The summed E-state index contributed by atoms with van der Waals surface area (Å²) >= 11 is 1.54. The molecule has 3 rings (SSSR count). The van der Waals surface area contributed by atoms with Crippen LogP contribution in [0.25, 0.3) is 0 Å². The molecular weight excluding hydrogens is 445 g/mol. The van der Waals surface area contributed by atoms with Crippen molar-refractivity contribution in [1.29, 1.82) is 0 Å². The van der Waals surface area contributed by atoms with Crippen LogP contribution in [0.15, 0.2) is 63.6 Å². The maximum Gasteiger partial charge on any atom is 0.417 e. The summed E-state index contributed by atoms with van der Waals surface area (Å²) in [6, 6.07) is 11.4. The molecule has 11 heteroatoms. The summed E-state index contributed by atoms with van der Waals surface area (Å²) in [7, 11) is 0. The fraction of sp³-hybridized carbons (Fsp3) is 0.211. The van der Waals surface area contributed by atoms with Gasteiger partial charge in [0.2, 0.25) is 5.91 Å². The predicted molar refractivity (Wildman–Crippen MR) is 108 cm³/mol. The number of halogens is 5. The smallest absolute Gasteiger partial charge is 0.303 e. The van der Waals surface area contributed by atoms with E-state index < -0.39 is 22.7 Å². The first kappa shape index (κ1) is 22.3. The van der Waals surface area contributed by atoms with Gasteiger partial charge in [0, 0.05) is 10.5 Å². The number of benzene rings is 2.